The summed E-state index contributed by atoms with van der Waals surface area (Å²) in [5.74, 6) is 0.527. The maximum absolute atomic E-state index is 12.5. The lowest BCUT2D eigenvalue weighted by atomic mass is 10.1. The Morgan fingerprint density at radius 2 is 1.85 bits per heavy atom. The molecule has 0 saturated heterocycles. The molecule has 0 aliphatic carbocycles. The van der Waals surface area contributed by atoms with Gasteiger partial charge < -0.3 is 14.8 Å². The highest BCUT2D eigenvalue weighted by Crippen LogP contribution is 2.28. The quantitative estimate of drug-likeness (QED) is 0.746. The molecule has 27 heavy (non-hydrogen) atoms. The molecule has 0 bridgehead atoms. The van der Waals surface area contributed by atoms with Crippen LogP contribution in [0.5, 0.6) is 11.5 Å². The van der Waals surface area contributed by atoms with E-state index >= 15 is 0 Å². The second-order valence-corrected chi connectivity index (χ2v) is 8.12. The van der Waals surface area contributed by atoms with E-state index in [0.717, 1.165) is 21.7 Å². The Bertz CT molecular complexity index is 912. The molecular formula is C19H24N2O5S. The minimum Gasteiger partial charge on any atom is -0.497 e. The van der Waals surface area contributed by atoms with Gasteiger partial charge in [-0.15, -0.1) is 0 Å². The SMILES string of the molecule is COc1ccc(OC)c(NC(=O)CN(Cc2cccc(C)c2)S(C)(=O)=O)c1. The van der Waals surface area contributed by atoms with E-state index < -0.39 is 15.9 Å². The minimum atomic E-state index is -3.58. The monoisotopic (exact) mass is 392 g/mol. The fourth-order valence-corrected chi connectivity index (χ4v) is 3.30. The number of nitrogens with zero attached hydrogens (tertiary/aromatic N) is 1. The summed E-state index contributed by atoms with van der Waals surface area (Å²) in [7, 11) is -0.577. The van der Waals surface area contributed by atoms with Crippen LogP contribution >= 0.6 is 0 Å². The largest absolute Gasteiger partial charge is 0.497 e. The van der Waals surface area contributed by atoms with Crippen molar-refractivity contribution in [2.45, 2.75) is 13.5 Å². The van der Waals surface area contributed by atoms with Gasteiger partial charge >= 0.3 is 0 Å². The van der Waals surface area contributed by atoms with Gasteiger partial charge in [-0.05, 0) is 24.6 Å². The molecule has 0 unspecified atom stereocenters. The Labute approximate surface area is 160 Å². The zero-order valence-electron chi connectivity index (χ0n) is 15.9. The zero-order chi connectivity index (χ0) is 20.0. The molecule has 0 aliphatic rings. The summed E-state index contributed by atoms with van der Waals surface area (Å²) in [6.45, 7) is 1.73. The van der Waals surface area contributed by atoms with E-state index in [4.69, 9.17) is 9.47 Å². The van der Waals surface area contributed by atoms with Gasteiger partial charge in [-0.2, -0.15) is 4.31 Å². The van der Waals surface area contributed by atoms with Crippen LogP contribution in [0.15, 0.2) is 42.5 Å². The number of nitrogens with one attached hydrogen (secondary N) is 1. The van der Waals surface area contributed by atoms with Crippen LogP contribution in [-0.4, -0.2) is 45.7 Å². The molecule has 0 spiro atoms. The van der Waals surface area contributed by atoms with Crippen molar-refractivity contribution in [3.05, 3.63) is 53.6 Å². The molecule has 8 heteroatoms. The van der Waals surface area contributed by atoms with Crippen molar-refractivity contribution in [1.29, 1.82) is 0 Å². The van der Waals surface area contributed by atoms with Gasteiger partial charge in [0.05, 0.1) is 32.7 Å². The normalized spacial score (nSPS) is 11.3. The smallest absolute Gasteiger partial charge is 0.239 e. The molecule has 1 amide bonds. The van der Waals surface area contributed by atoms with Crippen molar-refractivity contribution in [1.82, 2.24) is 4.31 Å². The summed E-state index contributed by atoms with van der Waals surface area (Å²) in [4.78, 5) is 12.5. The number of carbonyl (C=O) groups excluding carboxylic acids is 1. The van der Waals surface area contributed by atoms with E-state index in [2.05, 4.69) is 5.32 Å². The first-order chi connectivity index (χ1) is 12.7. The number of methoxy groups -OCH3 is 2. The summed E-state index contributed by atoms with van der Waals surface area (Å²) in [6.07, 6.45) is 1.09. The van der Waals surface area contributed by atoms with Crippen LogP contribution in [0.2, 0.25) is 0 Å². The van der Waals surface area contributed by atoms with Crippen LogP contribution in [-0.2, 0) is 21.4 Å². The predicted octanol–water partition coefficient (Wildman–Crippen LogP) is 2.41. The van der Waals surface area contributed by atoms with Gasteiger partial charge in [0.25, 0.3) is 0 Å². The van der Waals surface area contributed by atoms with E-state index in [0.29, 0.717) is 17.2 Å². The standard InChI is InChI=1S/C19H24N2O5S/c1-14-6-5-7-15(10-14)12-21(27(4,23)24)13-19(22)20-17-11-16(25-2)8-9-18(17)26-3/h5-11H,12-13H2,1-4H3,(H,20,22). The number of amides is 1. The van der Waals surface area contributed by atoms with Gasteiger partial charge in [0.15, 0.2) is 0 Å². The van der Waals surface area contributed by atoms with Crippen molar-refractivity contribution in [2.24, 2.45) is 0 Å². The molecule has 0 aromatic heterocycles. The van der Waals surface area contributed by atoms with E-state index in [-0.39, 0.29) is 13.1 Å². The highest BCUT2D eigenvalue weighted by Gasteiger charge is 2.21. The number of hydrogen-bond acceptors (Lipinski definition) is 5. The first-order valence-corrected chi connectivity index (χ1v) is 10.1. The third-order valence-electron chi connectivity index (χ3n) is 3.91. The highest BCUT2D eigenvalue weighted by molar-refractivity contribution is 7.88. The van der Waals surface area contributed by atoms with Crippen LogP contribution in [0.1, 0.15) is 11.1 Å². The highest BCUT2D eigenvalue weighted by atomic mass is 32.2. The van der Waals surface area contributed by atoms with Gasteiger partial charge in [-0.3, -0.25) is 4.79 Å². The molecule has 0 saturated carbocycles. The molecule has 7 nitrogen and oxygen atoms in total. The van der Waals surface area contributed by atoms with Gasteiger partial charge in [-0.25, -0.2) is 8.42 Å². The van der Waals surface area contributed by atoms with Crippen LogP contribution < -0.4 is 14.8 Å². The lowest BCUT2D eigenvalue weighted by Gasteiger charge is -2.20. The Kier molecular flexibility index (Phi) is 6.81. The molecule has 2 aromatic carbocycles. The van der Waals surface area contributed by atoms with E-state index in [1.54, 1.807) is 18.2 Å². The molecule has 146 valence electrons. The lowest BCUT2D eigenvalue weighted by molar-refractivity contribution is -0.116. The van der Waals surface area contributed by atoms with E-state index in [1.165, 1.54) is 14.2 Å². The molecule has 1 N–H and O–H groups in total. The van der Waals surface area contributed by atoms with Crippen molar-refractivity contribution in [3.63, 3.8) is 0 Å². The lowest BCUT2D eigenvalue weighted by Crippen LogP contribution is -2.37. The summed E-state index contributed by atoms with van der Waals surface area (Å²) >= 11 is 0. The van der Waals surface area contributed by atoms with Crippen LogP contribution in [0.25, 0.3) is 0 Å². The second kappa shape index (κ2) is 8.88. The molecular weight excluding hydrogens is 368 g/mol. The fourth-order valence-electron chi connectivity index (χ4n) is 2.57. The Hall–Kier alpha value is -2.58. The maximum Gasteiger partial charge on any atom is 0.239 e. The maximum atomic E-state index is 12.5. The fraction of sp³-hybridized carbons (Fsp3) is 0.316. The average Bonchev–Trinajstić information content (AvgIpc) is 2.60. The van der Waals surface area contributed by atoms with Crippen LogP contribution in [0.3, 0.4) is 0 Å². The topological polar surface area (TPSA) is 84.9 Å². The van der Waals surface area contributed by atoms with Crippen molar-refractivity contribution < 1.29 is 22.7 Å². The molecule has 0 fully saturated rings. The third kappa shape index (κ3) is 5.97. The van der Waals surface area contributed by atoms with Crippen molar-refractivity contribution in [2.75, 3.05) is 32.3 Å². The number of carbonyl (C=O) groups is 1. The molecule has 2 aromatic rings. The van der Waals surface area contributed by atoms with E-state index in [9.17, 15) is 13.2 Å². The number of rotatable bonds is 8. The number of ether oxygens (including phenoxy) is 2. The van der Waals surface area contributed by atoms with Gasteiger partial charge in [0.2, 0.25) is 15.9 Å². The summed E-state index contributed by atoms with van der Waals surface area (Å²) < 4.78 is 35.8. The molecule has 2 rings (SSSR count). The Morgan fingerprint density at radius 1 is 1.11 bits per heavy atom. The molecule has 0 aliphatic heterocycles. The van der Waals surface area contributed by atoms with Gasteiger partial charge in [-0.1, -0.05) is 29.8 Å². The average molecular weight is 392 g/mol. The zero-order valence-corrected chi connectivity index (χ0v) is 16.7. The number of sulfonamides is 1. The summed E-state index contributed by atoms with van der Waals surface area (Å²) in [6, 6.07) is 12.5. The Balaban J connectivity index is 2.17. The van der Waals surface area contributed by atoms with Crippen molar-refractivity contribution in [3.8, 4) is 11.5 Å². The van der Waals surface area contributed by atoms with Gasteiger partial charge in [0, 0.05) is 12.6 Å². The third-order valence-corrected chi connectivity index (χ3v) is 5.11. The number of aryl methyl sites for hydroxylation is 1. The molecule has 0 radical (unpaired) electrons. The Morgan fingerprint density at radius 3 is 2.44 bits per heavy atom. The second-order valence-electron chi connectivity index (χ2n) is 6.13. The number of hydrogen-bond donors (Lipinski definition) is 1. The first-order valence-electron chi connectivity index (χ1n) is 8.25. The summed E-state index contributed by atoms with van der Waals surface area (Å²) in [5, 5.41) is 2.69. The van der Waals surface area contributed by atoms with Gasteiger partial charge in [0.1, 0.15) is 11.5 Å². The van der Waals surface area contributed by atoms with Crippen molar-refractivity contribution >= 4 is 21.6 Å². The van der Waals surface area contributed by atoms with Crippen LogP contribution in [0.4, 0.5) is 5.69 Å². The van der Waals surface area contributed by atoms with Crippen LogP contribution in [0, 0.1) is 6.92 Å². The molecule has 0 heterocycles. The first kappa shape index (κ1) is 20.7. The minimum absolute atomic E-state index is 0.114. The van der Waals surface area contributed by atoms with E-state index in [1.807, 2.05) is 31.2 Å². The number of anilines is 1. The number of benzene rings is 2. The molecule has 0 atom stereocenters. The predicted molar refractivity (Wildman–Crippen MR) is 105 cm³/mol. The summed E-state index contributed by atoms with van der Waals surface area (Å²) in [5.41, 5.74) is 2.24.